The van der Waals surface area contributed by atoms with Crippen LogP contribution in [0.1, 0.15) is 4.88 Å². The summed E-state index contributed by atoms with van der Waals surface area (Å²) in [6, 6.07) is 9.64. The number of nitrogen functional groups attached to an aromatic ring is 1. The van der Waals surface area contributed by atoms with E-state index in [1.807, 2.05) is 42.0 Å². The Labute approximate surface area is 152 Å². The quantitative estimate of drug-likeness (QED) is 0.332. The maximum Gasteiger partial charge on any atom is 0.142 e. The van der Waals surface area contributed by atoms with Gasteiger partial charge in [-0.25, -0.2) is 4.98 Å². The van der Waals surface area contributed by atoms with E-state index in [2.05, 4.69) is 10.3 Å². The molecular formula is C16H16N4OS3. The van der Waals surface area contributed by atoms with Gasteiger partial charge in [0.2, 0.25) is 0 Å². The Morgan fingerprint density at radius 2 is 2.08 bits per heavy atom. The predicted octanol–water partition coefficient (Wildman–Crippen LogP) is 4.63. The summed E-state index contributed by atoms with van der Waals surface area (Å²) in [6.45, 7) is 0. The number of thiophene rings is 1. The Balaban J connectivity index is 1.83. The molecule has 0 amide bonds. The molecular weight excluding hydrogens is 360 g/mol. The van der Waals surface area contributed by atoms with Gasteiger partial charge in [-0.15, -0.1) is 34.4 Å². The van der Waals surface area contributed by atoms with Crippen LogP contribution in [0.2, 0.25) is 0 Å². The van der Waals surface area contributed by atoms with Crippen molar-refractivity contribution in [3.63, 3.8) is 0 Å². The van der Waals surface area contributed by atoms with E-state index >= 15 is 0 Å². The van der Waals surface area contributed by atoms with Gasteiger partial charge in [0.05, 0.1) is 16.2 Å². The van der Waals surface area contributed by atoms with Crippen molar-refractivity contribution in [3.8, 4) is 16.3 Å². The van der Waals surface area contributed by atoms with E-state index in [4.69, 9.17) is 15.9 Å². The lowest BCUT2D eigenvalue weighted by Gasteiger charge is -2.04. The molecule has 0 unspecified atom stereocenters. The van der Waals surface area contributed by atoms with Gasteiger partial charge in [0, 0.05) is 16.6 Å². The van der Waals surface area contributed by atoms with Crippen LogP contribution in [0, 0.1) is 5.41 Å². The lowest BCUT2D eigenvalue weighted by atomic mass is 10.3. The summed E-state index contributed by atoms with van der Waals surface area (Å²) in [4.78, 5) is 5.43. The highest BCUT2D eigenvalue weighted by molar-refractivity contribution is 8.00. The fraction of sp³-hybridized carbons (Fsp3) is 0.125. The molecule has 2 heterocycles. The lowest BCUT2D eigenvalue weighted by Crippen LogP contribution is -2.08. The average molecular weight is 377 g/mol. The minimum Gasteiger partial charge on any atom is -0.497 e. The third-order valence-corrected chi connectivity index (χ3v) is 6.43. The maximum atomic E-state index is 7.61. The highest BCUT2D eigenvalue weighted by Crippen LogP contribution is 2.39. The number of rotatable bonds is 6. The van der Waals surface area contributed by atoms with Crippen LogP contribution in [0.3, 0.4) is 0 Å². The fourth-order valence-electron chi connectivity index (χ4n) is 2.08. The molecule has 0 saturated carbocycles. The van der Waals surface area contributed by atoms with Gasteiger partial charge in [0.15, 0.2) is 0 Å². The molecule has 0 aliphatic heterocycles. The van der Waals surface area contributed by atoms with E-state index < -0.39 is 0 Å². The summed E-state index contributed by atoms with van der Waals surface area (Å²) in [5.74, 6) is 1.71. The highest BCUT2D eigenvalue weighted by atomic mass is 32.2. The smallest absolute Gasteiger partial charge is 0.142 e. The normalized spacial score (nSPS) is 10.6. The summed E-state index contributed by atoms with van der Waals surface area (Å²) in [6.07, 6.45) is 2.02. The molecule has 0 bridgehead atoms. The maximum absolute atomic E-state index is 7.61. The third kappa shape index (κ3) is 3.55. The Morgan fingerprint density at radius 1 is 1.33 bits per heavy atom. The first-order chi connectivity index (χ1) is 11.6. The zero-order chi connectivity index (χ0) is 17.1. The van der Waals surface area contributed by atoms with Gasteiger partial charge < -0.3 is 15.8 Å². The molecule has 124 valence electrons. The molecule has 0 fully saturated rings. The van der Waals surface area contributed by atoms with Crippen molar-refractivity contribution in [1.29, 1.82) is 5.41 Å². The zero-order valence-corrected chi connectivity index (χ0v) is 15.6. The molecule has 0 aliphatic carbocycles. The molecule has 3 rings (SSSR count). The van der Waals surface area contributed by atoms with Gasteiger partial charge in [0.25, 0.3) is 0 Å². The minimum atomic E-state index is 0.0923. The van der Waals surface area contributed by atoms with Gasteiger partial charge in [-0.1, -0.05) is 0 Å². The van der Waals surface area contributed by atoms with Crippen molar-refractivity contribution in [2.75, 3.05) is 18.7 Å². The summed E-state index contributed by atoms with van der Waals surface area (Å²) in [5, 5.41) is 13.8. The first-order valence-corrected chi connectivity index (χ1v) is 9.92. The largest absolute Gasteiger partial charge is 0.497 e. The molecule has 0 atom stereocenters. The minimum absolute atomic E-state index is 0.0923. The van der Waals surface area contributed by atoms with Crippen molar-refractivity contribution < 1.29 is 4.74 Å². The number of hydrogen-bond acceptors (Lipinski definition) is 7. The molecule has 1 aromatic carbocycles. The van der Waals surface area contributed by atoms with Crippen LogP contribution in [0.25, 0.3) is 10.6 Å². The Morgan fingerprint density at radius 3 is 2.71 bits per heavy atom. The first kappa shape index (κ1) is 16.8. The van der Waals surface area contributed by atoms with Crippen LogP contribution in [0.4, 0.5) is 11.5 Å². The number of nitrogens with zero attached hydrogens (tertiary/aromatic N) is 1. The second-order valence-corrected chi connectivity index (χ2v) is 7.81. The van der Waals surface area contributed by atoms with E-state index in [-0.39, 0.29) is 5.84 Å². The standard InChI is InChI=1S/C16H16N4OS3/c1-21-10-5-3-9(4-6-10)19-13-8-23-15(20-13)11-7-12(14(17)18)24-16(11)22-2/h3-8,19H,1-2H3,(H3,17,18). The predicted molar refractivity (Wildman–Crippen MR) is 105 cm³/mol. The van der Waals surface area contributed by atoms with Gasteiger partial charge in [0.1, 0.15) is 22.4 Å². The summed E-state index contributed by atoms with van der Waals surface area (Å²) in [7, 11) is 1.65. The second kappa shape index (κ2) is 7.25. The molecule has 5 nitrogen and oxygen atoms in total. The molecule has 0 aliphatic rings. The fourth-order valence-corrected chi connectivity index (χ4v) is 4.72. The number of thioether (sulfide) groups is 1. The molecule has 3 aromatic rings. The Hall–Kier alpha value is -2.03. The lowest BCUT2D eigenvalue weighted by molar-refractivity contribution is 0.415. The number of nitrogens with two attached hydrogens (primary N) is 1. The van der Waals surface area contributed by atoms with E-state index in [0.29, 0.717) is 0 Å². The van der Waals surface area contributed by atoms with E-state index in [0.717, 1.165) is 36.9 Å². The van der Waals surface area contributed by atoms with E-state index in [9.17, 15) is 0 Å². The van der Waals surface area contributed by atoms with Gasteiger partial charge >= 0.3 is 0 Å². The number of methoxy groups -OCH3 is 1. The zero-order valence-electron chi connectivity index (χ0n) is 13.1. The van der Waals surface area contributed by atoms with Gasteiger partial charge in [-0.2, -0.15) is 0 Å². The first-order valence-electron chi connectivity index (χ1n) is 7.00. The van der Waals surface area contributed by atoms with Crippen molar-refractivity contribution in [1.82, 2.24) is 4.98 Å². The Bertz CT molecular complexity index is 855. The van der Waals surface area contributed by atoms with Crippen molar-refractivity contribution in [3.05, 3.63) is 40.6 Å². The number of amidine groups is 1. The summed E-state index contributed by atoms with van der Waals surface area (Å²) < 4.78 is 6.27. The number of benzene rings is 1. The van der Waals surface area contributed by atoms with Crippen LogP contribution in [-0.4, -0.2) is 24.2 Å². The van der Waals surface area contributed by atoms with Crippen LogP contribution in [0.5, 0.6) is 5.75 Å². The Kier molecular flexibility index (Phi) is 5.08. The average Bonchev–Trinajstić information content (AvgIpc) is 3.21. The number of aromatic nitrogens is 1. The molecule has 24 heavy (non-hydrogen) atoms. The monoisotopic (exact) mass is 376 g/mol. The number of anilines is 2. The SMILES string of the molecule is COc1ccc(Nc2csc(-c3cc(C(=N)N)sc3SC)n2)cc1. The topological polar surface area (TPSA) is 84.0 Å². The van der Waals surface area contributed by atoms with Crippen molar-refractivity contribution >= 4 is 51.8 Å². The molecule has 0 saturated heterocycles. The summed E-state index contributed by atoms with van der Waals surface area (Å²) in [5.41, 5.74) is 7.59. The van der Waals surface area contributed by atoms with E-state index in [1.165, 1.54) is 11.3 Å². The van der Waals surface area contributed by atoms with Crippen LogP contribution in [-0.2, 0) is 0 Å². The number of thiazole rings is 1. The van der Waals surface area contributed by atoms with Gasteiger partial charge in [-0.05, 0) is 36.6 Å². The number of ether oxygens (including phenoxy) is 1. The van der Waals surface area contributed by atoms with Crippen LogP contribution >= 0.6 is 34.4 Å². The highest BCUT2D eigenvalue weighted by Gasteiger charge is 2.15. The van der Waals surface area contributed by atoms with Crippen molar-refractivity contribution in [2.24, 2.45) is 5.73 Å². The number of nitrogens with one attached hydrogen (secondary N) is 2. The number of hydrogen-bond donors (Lipinski definition) is 3. The second-order valence-electron chi connectivity index (χ2n) is 4.82. The van der Waals surface area contributed by atoms with Crippen molar-refractivity contribution in [2.45, 2.75) is 4.21 Å². The molecule has 0 spiro atoms. The molecule has 8 heteroatoms. The summed E-state index contributed by atoms with van der Waals surface area (Å²) >= 11 is 4.74. The third-order valence-electron chi connectivity index (χ3n) is 3.25. The van der Waals surface area contributed by atoms with Crippen LogP contribution in [0.15, 0.2) is 39.9 Å². The molecule has 0 radical (unpaired) electrons. The van der Waals surface area contributed by atoms with Gasteiger partial charge in [-0.3, -0.25) is 5.41 Å². The van der Waals surface area contributed by atoms with E-state index in [1.54, 1.807) is 30.2 Å². The molecule has 4 N–H and O–H groups in total. The van der Waals surface area contributed by atoms with Crippen LogP contribution < -0.4 is 15.8 Å². The molecule has 2 aromatic heterocycles.